The van der Waals surface area contributed by atoms with E-state index in [9.17, 15) is 10.1 Å². The van der Waals surface area contributed by atoms with Crippen LogP contribution in [0.2, 0.25) is 0 Å². The van der Waals surface area contributed by atoms with Gasteiger partial charge >= 0.3 is 0 Å². The maximum atomic E-state index is 12.4. The van der Waals surface area contributed by atoms with Crippen LogP contribution in [0.3, 0.4) is 0 Å². The molecule has 1 aliphatic heterocycles. The van der Waals surface area contributed by atoms with Crippen molar-refractivity contribution in [2.45, 2.75) is 30.7 Å². The SMILES string of the molecule is N#CC1(c2ccc(CN(CC3COc4ccccc43)C(=O)CCl)cc2)CC1. The topological polar surface area (TPSA) is 53.3 Å². The number of para-hydroxylation sites is 1. The van der Waals surface area contributed by atoms with Crippen LogP contribution >= 0.6 is 11.6 Å². The predicted octanol–water partition coefficient (Wildman–Crippen LogP) is 3.99. The Labute approximate surface area is 164 Å². The molecule has 2 aromatic carbocycles. The molecule has 4 nitrogen and oxygen atoms in total. The van der Waals surface area contributed by atoms with Crippen molar-refractivity contribution in [1.82, 2.24) is 4.90 Å². The number of amides is 1. The number of carbonyl (C=O) groups is 1. The summed E-state index contributed by atoms with van der Waals surface area (Å²) in [6, 6.07) is 18.5. The third kappa shape index (κ3) is 3.52. The summed E-state index contributed by atoms with van der Waals surface area (Å²) >= 11 is 5.85. The summed E-state index contributed by atoms with van der Waals surface area (Å²) in [6.07, 6.45) is 1.86. The van der Waals surface area contributed by atoms with Crippen molar-refractivity contribution in [3.05, 3.63) is 65.2 Å². The molecule has 1 fully saturated rings. The fourth-order valence-corrected chi connectivity index (χ4v) is 3.89. The van der Waals surface area contributed by atoms with Crippen LogP contribution in [-0.2, 0) is 16.8 Å². The molecule has 0 bridgehead atoms. The van der Waals surface area contributed by atoms with Crippen molar-refractivity contribution in [3.8, 4) is 11.8 Å². The molecule has 1 atom stereocenters. The standard InChI is InChI=1S/C22H21ClN2O2/c23-11-21(26)25(13-17-14-27-20-4-2-1-3-19(17)20)12-16-5-7-18(8-6-16)22(15-24)9-10-22/h1-8,17H,9-14H2. The molecule has 5 heteroatoms. The van der Waals surface area contributed by atoms with Crippen LogP contribution in [0.4, 0.5) is 0 Å². The van der Waals surface area contributed by atoms with E-state index >= 15 is 0 Å². The van der Waals surface area contributed by atoms with Crippen LogP contribution < -0.4 is 4.74 Å². The summed E-state index contributed by atoms with van der Waals surface area (Å²) in [6.45, 7) is 1.66. The third-order valence-corrected chi connectivity index (χ3v) is 5.78. The Hall–Kier alpha value is -2.51. The highest BCUT2D eigenvalue weighted by atomic mass is 35.5. The molecule has 0 N–H and O–H groups in total. The van der Waals surface area contributed by atoms with Gasteiger partial charge in [-0.1, -0.05) is 42.5 Å². The number of ether oxygens (including phenoxy) is 1. The smallest absolute Gasteiger partial charge is 0.237 e. The minimum atomic E-state index is -0.283. The van der Waals surface area contributed by atoms with Gasteiger partial charge in [0.1, 0.15) is 11.6 Å². The van der Waals surface area contributed by atoms with Gasteiger partial charge in [0.25, 0.3) is 0 Å². The van der Waals surface area contributed by atoms with E-state index in [-0.39, 0.29) is 23.1 Å². The van der Waals surface area contributed by atoms with Gasteiger partial charge in [-0.3, -0.25) is 4.79 Å². The lowest BCUT2D eigenvalue weighted by Gasteiger charge is -2.25. The lowest BCUT2D eigenvalue weighted by molar-refractivity contribution is -0.129. The van der Waals surface area contributed by atoms with E-state index < -0.39 is 0 Å². The van der Waals surface area contributed by atoms with Crippen molar-refractivity contribution >= 4 is 17.5 Å². The Morgan fingerprint density at radius 3 is 2.63 bits per heavy atom. The summed E-state index contributed by atoms with van der Waals surface area (Å²) in [5.74, 6) is 0.934. The van der Waals surface area contributed by atoms with Crippen molar-refractivity contribution in [2.24, 2.45) is 0 Å². The summed E-state index contributed by atoms with van der Waals surface area (Å²) in [4.78, 5) is 14.2. The number of alkyl halides is 1. The van der Waals surface area contributed by atoms with Crippen LogP contribution in [0.1, 0.15) is 35.4 Å². The molecule has 1 amide bonds. The quantitative estimate of drug-likeness (QED) is 0.712. The second-order valence-corrected chi connectivity index (χ2v) is 7.61. The zero-order valence-electron chi connectivity index (χ0n) is 15.0. The second kappa shape index (κ2) is 7.25. The van der Waals surface area contributed by atoms with Crippen molar-refractivity contribution in [2.75, 3.05) is 19.0 Å². The number of carbonyl (C=O) groups excluding carboxylic acids is 1. The molecule has 2 aliphatic rings. The minimum Gasteiger partial charge on any atom is -0.493 e. The van der Waals surface area contributed by atoms with Crippen LogP contribution in [0, 0.1) is 11.3 Å². The number of rotatable bonds is 6. The molecule has 2 aromatic rings. The lowest BCUT2D eigenvalue weighted by Crippen LogP contribution is -2.35. The third-order valence-electron chi connectivity index (χ3n) is 5.55. The van der Waals surface area contributed by atoms with Crippen LogP contribution in [0.15, 0.2) is 48.5 Å². The summed E-state index contributed by atoms with van der Waals surface area (Å²) in [7, 11) is 0. The Kier molecular flexibility index (Phi) is 4.80. The zero-order valence-corrected chi connectivity index (χ0v) is 15.8. The largest absolute Gasteiger partial charge is 0.493 e. The molecule has 1 unspecified atom stereocenters. The van der Waals surface area contributed by atoms with Gasteiger partial charge in [-0.2, -0.15) is 5.26 Å². The Balaban J connectivity index is 1.48. The Morgan fingerprint density at radius 2 is 1.96 bits per heavy atom. The average Bonchev–Trinajstić information content (AvgIpc) is 3.42. The van der Waals surface area contributed by atoms with E-state index in [2.05, 4.69) is 12.1 Å². The van der Waals surface area contributed by atoms with Crippen molar-refractivity contribution < 1.29 is 9.53 Å². The molecule has 4 rings (SSSR count). The van der Waals surface area contributed by atoms with E-state index in [1.165, 1.54) is 0 Å². The summed E-state index contributed by atoms with van der Waals surface area (Å²) in [5.41, 5.74) is 2.97. The van der Waals surface area contributed by atoms with Gasteiger partial charge in [0.2, 0.25) is 5.91 Å². The van der Waals surface area contributed by atoms with Crippen molar-refractivity contribution in [1.29, 1.82) is 5.26 Å². The molecule has 1 heterocycles. The van der Waals surface area contributed by atoms with Crippen LogP contribution in [0.5, 0.6) is 5.75 Å². The molecule has 0 radical (unpaired) electrons. The number of nitriles is 1. The molecular formula is C22H21ClN2O2. The number of fused-ring (bicyclic) bond motifs is 1. The molecular weight excluding hydrogens is 360 g/mol. The van der Waals surface area contributed by atoms with Crippen LogP contribution in [-0.4, -0.2) is 29.8 Å². The van der Waals surface area contributed by atoms with E-state index in [0.29, 0.717) is 19.7 Å². The van der Waals surface area contributed by atoms with E-state index in [1.54, 1.807) is 4.90 Å². The number of hydrogen-bond acceptors (Lipinski definition) is 3. The van der Waals surface area contributed by atoms with Gasteiger partial charge in [-0.25, -0.2) is 0 Å². The summed E-state index contributed by atoms with van der Waals surface area (Å²) in [5, 5.41) is 9.34. The molecule has 27 heavy (non-hydrogen) atoms. The minimum absolute atomic E-state index is 0.0369. The lowest BCUT2D eigenvalue weighted by atomic mass is 9.96. The number of nitrogens with zero attached hydrogens (tertiary/aromatic N) is 2. The molecule has 138 valence electrons. The zero-order chi connectivity index (χ0) is 18.9. The molecule has 1 saturated carbocycles. The van der Waals surface area contributed by atoms with Gasteiger partial charge in [0.05, 0.1) is 18.1 Å². The first-order valence-corrected chi connectivity index (χ1v) is 9.75. The number of halogens is 1. The van der Waals surface area contributed by atoms with Gasteiger partial charge < -0.3 is 9.64 Å². The van der Waals surface area contributed by atoms with Crippen molar-refractivity contribution in [3.63, 3.8) is 0 Å². The van der Waals surface area contributed by atoms with Gasteiger partial charge in [0.15, 0.2) is 0 Å². The molecule has 0 spiro atoms. The Bertz CT molecular complexity index is 884. The first-order chi connectivity index (χ1) is 13.1. The van der Waals surface area contributed by atoms with E-state index in [0.717, 1.165) is 35.3 Å². The predicted molar refractivity (Wildman–Crippen MR) is 104 cm³/mol. The monoisotopic (exact) mass is 380 g/mol. The van der Waals surface area contributed by atoms with Gasteiger partial charge in [-0.15, -0.1) is 11.6 Å². The first-order valence-electron chi connectivity index (χ1n) is 9.21. The van der Waals surface area contributed by atoms with E-state index in [4.69, 9.17) is 16.3 Å². The maximum Gasteiger partial charge on any atom is 0.237 e. The first kappa shape index (κ1) is 17.9. The highest BCUT2D eigenvalue weighted by Crippen LogP contribution is 2.47. The average molecular weight is 381 g/mol. The van der Waals surface area contributed by atoms with Gasteiger partial charge in [0, 0.05) is 24.6 Å². The number of hydrogen-bond donors (Lipinski definition) is 0. The van der Waals surface area contributed by atoms with Gasteiger partial charge in [-0.05, 0) is 30.0 Å². The molecule has 0 aromatic heterocycles. The molecule has 0 saturated heterocycles. The highest BCUT2D eigenvalue weighted by molar-refractivity contribution is 6.27. The Morgan fingerprint density at radius 1 is 1.22 bits per heavy atom. The second-order valence-electron chi connectivity index (χ2n) is 7.34. The summed E-state index contributed by atoms with van der Waals surface area (Å²) < 4.78 is 5.75. The van der Waals surface area contributed by atoms with Crippen LogP contribution in [0.25, 0.3) is 0 Å². The fourth-order valence-electron chi connectivity index (χ4n) is 3.73. The van der Waals surface area contributed by atoms with E-state index in [1.807, 2.05) is 42.5 Å². The molecule has 1 aliphatic carbocycles. The highest BCUT2D eigenvalue weighted by Gasteiger charge is 2.44. The number of benzene rings is 2. The normalized spacial score (nSPS) is 18.9. The maximum absolute atomic E-state index is 12.4. The fraction of sp³-hybridized carbons (Fsp3) is 0.364.